The molecule has 1 aliphatic rings. The fourth-order valence-corrected chi connectivity index (χ4v) is 2.63. The summed E-state index contributed by atoms with van der Waals surface area (Å²) in [7, 11) is 0. The first kappa shape index (κ1) is 10.7. The summed E-state index contributed by atoms with van der Waals surface area (Å²) in [6.07, 6.45) is 0.495. The van der Waals surface area contributed by atoms with Gasteiger partial charge in [0.2, 0.25) is 0 Å². The van der Waals surface area contributed by atoms with Crippen molar-refractivity contribution in [3.05, 3.63) is 46.2 Å². The molecular formula is C12H11FN2OS. The summed E-state index contributed by atoms with van der Waals surface area (Å²) >= 11 is 1.53. The third kappa shape index (κ3) is 1.92. The lowest BCUT2D eigenvalue weighted by molar-refractivity contribution is 0.157. The van der Waals surface area contributed by atoms with Gasteiger partial charge < -0.3 is 10.5 Å². The third-order valence-corrected chi connectivity index (χ3v) is 3.49. The van der Waals surface area contributed by atoms with E-state index in [9.17, 15) is 4.39 Å². The first-order valence-corrected chi connectivity index (χ1v) is 6.28. The van der Waals surface area contributed by atoms with Gasteiger partial charge in [-0.25, -0.2) is 9.37 Å². The minimum atomic E-state index is -0.282. The summed E-state index contributed by atoms with van der Waals surface area (Å²) in [5, 5.41) is 1.95. The number of ether oxygens (including phenoxy) is 1. The van der Waals surface area contributed by atoms with Gasteiger partial charge in [-0.1, -0.05) is 0 Å². The van der Waals surface area contributed by atoms with E-state index in [1.807, 2.05) is 5.38 Å². The Hall–Kier alpha value is -1.46. The number of nitrogens with zero attached hydrogens (tertiary/aromatic N) is 1. The zero-order chi connectivity index (χ0) is 11.8. The Balaban J connectivity index is 1.96. The summed E-state index contributed by atoms with van der Waals surface area (Å²) in [6.45, 7) is 0. The lowest BCUT2D eigenvalue weighted by Crippen LogP contribution is -2.24. The highest BCUT2D eigenvalue weighted by Crippen LogP contribution is 2.39. The van der Waals surface area contributed by atoms with Crippen LogP contribution in [0.5, 0.6) is 5.75 Å². The smallest absolute Gasteiger partial charge is 0.143 e. The zero-order valence-corrected chi connectivity index (χ0v) is 9.78. The van der Waals surface area contributed by atoms with Gasteiger partial charge in [-0.05, 0) is 18.2 Å². The molecule has 17 heavy (non-hydrogen) atoms. The standard InChI is InChI=1S/C12H11FN2OS/c13-7-1-2-11-8(3-7)9(14)4-12(16-11)10-5-17-6-15-10/h1-3,5-6,9,12H,4,14H2. The summed E-state index contributed by atoms with van der Waals surface area (Å²) in [6, 6.07) is 4.25. The first-order chi connectivity index (χ1) is 8.24. The Bertz CT molecular complexity index is 529. The summed E-state index contributed by atoms with van der Waals surface area (Å²) in [4.78, 5) is 4.23. The van der Waals surface area contributed by atoms with Crippen LogP contribution in [0, 0.1) is 5.82 Å². The second-order valence-electron chi connectivity index (χ2n) is 4.04. The van der Waals surface area contributed by atoms with Gasteiger partial charge in [0, 0.05) is 23.4 Å². The van der Waals surface area contributed by atoms with Crippen molar-refractivity contribution >= 4 is 11.3 Å². The van der Waals surface area contributed by atoms with E-state index in [1.54, 1.807) is 11.6 Å². The summed E-state index contributed by atoms with van der Waals surface area (Å²) < 4.78 is 18.9. The van der Waals surface area contributed by atoms with Gasteiger partial charge in [-0.3, -0.25) is 0 Å². The SMILES string of the molecule is NC1CC(c2cscn2)Oc2ccc(F)cc21. The predicted molar refractivity (Wildman–Crippen MR) is 63.4 cm³/mol. The Morgan fingerprint density at radius 1 is 1.47 bits per heavy atom. The van der Waals surface area contributed by atoms with Crippen molar-refractivity contribution in [2.45, 2.75) is 18.6 Å². The quantitative estimate of drug-likeness (QED) is 0.846. The van der Waals surface area contributed by atoms with Gasteiger partial charge in [-0.2, -0.15) is 0 Å². The molecule has 2 aromatic rings. The van der Waals surface area contributed by atoms with E-state index in [1.165, 1.54) is 23.5 Å². The molecule has 0 spiro atoms. The molecule has 3 rings (SSSR count). The Kier molecular flexibility index (Phi) is 2.57. The molecule has 0 fully saturated rings. The van der Waals surface area contributed by atoms with E-state index in [0.29, 0.717) is 12.2 Å². The van der Waals surface area contributed by atoms with Gasteiger partial charge >= 0.3 is 0 Å². The summed E-state index contributed by atoms with van der Waals surface area (Å²) in [5.41, 5.74) is 9.43. The van der Waals surface area contributed by atoms with E-state index in [2.05, 4.69) is 4.98 Å². The van der Waals surface area contributed by atoms with Crippen molar-refractivity contribution in [2.24, 2.45) is 5.73 Å². The number of hydrogen-bond acceptors (Lipinski definition) is 4. The normalized spacial score (nSPS) is 22.9. The molecule has 0 bridgehead atoms. The van der Waals surface area contributed by atoms with E-state index in [0.717, 1.165) is 11.3 Å². The second kappa shape index (κ2) is 4.09. The molecule has 2 N–H and O–H groups in total. The molecule has 0 saturated heterocycles. The third-order valence-electron chi connectivity index (χ3n) is 2.89. The average Bonchev–Trinajstić information content (AvgIpc) is 2.83. The van der Waals surface area contributed by atoms with E-state index >= 15 is 0 Å². The van der Waals surface area contributed by atoms with Gasteiger partial charge in [0.15, 0.2) is 0 Å². The lowest BCUT2D eigenvalue weighted by Gasteiger charge is -2.29. The maximum absolute atomic E-state index is 13.1. The fourth-order valence-electron chi connectivity index (χ4n) is 2.04. The van der Waals surface area contributed by atoms with Crippen molar-refractivity contribution in [3.8, 4) is 5.75 Å². The Morgan fingerprint density at radius 3 is 3.12 bits per heavy atom. The molecule has 1 aromatic carbocycles. The second-order valence-corrected chi connectivity index (χ2v) is 4.76. The van der Waals surface area contributed by atoms with Crippen LogP contribution in [0.3, 0.4) is 0 Å². The van der Waals surface area contributed by atoms with Crippen molar-refractivity contribution in [3.63, 3.8) is 0 Å². The fraction of sp³-hybridized carbons (Fsp3) is 0.250. The molecule has 0 amide bonds. The highest BCUT2D eigenvalue weighted by molar-refractivity contribution is 7.07. The number of thiazole rings is 1. The monoisotopic (exact) mass is 250 g/mol. The lowest BCUT2D eigenvalue weighted by atomic mass is 9.96. The molecule has 2 heterocycles. The first-order valence-electron chi connectivity index (χ1n) is 5.34. The van der Waals surface area contributed by atoms with Crippen molar-refractivity contribution in [1.82, 2.24) is 4.98 Å². The van der Waals surface area contributed by atoms with Crippen molar-refractivity contribution in [2.75, 3.05) is 0 Å². The maximum Gasteiger partial charge on any atom is 0.143 e. The van der Waals surface area contributed by atoms with Crippen LogP contribution in [0.25, 0.3) is 0 Å². The van der Waals surface area contributed by atoms with Gasteiger partial charge in [0.1, 0.15) is 17.7 Å². The predicted octanol–water partition coefficient (Wildman–Crippen LogP) is 2.81. The molecule has 88 valence electrons. The maximum atomic E-state index is 13.1. The molecular weight excluding hydrogens is 239 g/mol. The number of aromatic nitrogens is 1. The van der Waals surface area contributed by atoms with Crippen LogP contribution in [-0.2, 0) is 0 Å². The van der Waals surface area contributed by atoms with Gasteiger partial charge in [0.25, 0.3) is 0 Å². The molecule has 5 heteroatoms. The van der Waals surface area contributed by atoms with Crippen molar-refractivity contribution < 1.29 is 9.13 Å². The highest BCUT2D eigenvalue weighted by Gasteiger charge is 2.28. The van der Waals surface area contributed by atoms with Crippen LogP contribution in [0.2, 0.25) is 0 Å². The molecule has 0 aliphatic carbocycles. The molecule has 2 unspecified atom stereocenters. The van der Waals surface area contributed by atoms with Gasteiger partial charge in [0.05, 0.1) is 11.2 Å². The van der Waals surface area contributed by atoms with Crippen LogP contribution in [-0.4, -0.2) is 4.98 Å². The highest BCUT2D eigenvalue weighted by atomic mass is 32.1. The van der Waals surface area contributed by atoms with Gasteiger partial charge in [-0.15, -0.1) is 11.3 Å². The molecule has 1 aliphatic heterocycles. The number of hydrogen-bond donors (Lipinski definition) is 1. The van der Waals surface area contributed by atoms with E-state index in [4.69, 9.17) is 10.5 Å². The Labute approximate surface area is 102 Å². The van der Waals surface area contributed by atoms with Crippen LogP contribution in [0.4, 0.5) is 4.39 Å². The topological polar surface area (TPSA) is 48.1 Å². The van der Waals surface area contributed by atoms with Crippen LogP contribution in [0.1, 0.15) is 29.8 Å². The zero-order valence-electron chi connectivity index (χ0n) is 8.97. The number of halogens is 1. The molecule has 3 nitrogen and oxygen atoms in total. The van der Waals surface area contributed by atoms with Crippen molar-refractivity contribution in [1.29, 1.82) is 0 Å². The molecule has 0 radical (unpaired) electrons. The molecule has 1 aromatic heterocycles. The number of nitrogens with two attached hydrogens (primary N) is 1. The Morgan fingerprint density at radius 2 is 2.35 bits per heavy atom. The summed E-state index contributed by atoms with van der Waals surface area (Å²) in [5.74, 6) is 0.373. The number of rotatable bonds is 1. The average molecular weight is 250 g/mol. The van der Waals surface area contributed by atoms with Crippen LogP contribution < -0.4 is 10.5 Å². The minimum Gasteiger partial charge on any atom is -0.484 e. The number of fused-ring (bicyclic) bond motifs is 1. The van der Waals surface area contributed by atoms with Crippen LogP contribution >= 0.6 is 11.3 Å². The van der Waals surface area contributed by atoms with E-state index in [-0.39, 0.29) is 18.0 Å². The molecule has 2 atom stereocenters. The largest absolute Gasteiger partial charge is 0.484 e. The van der Waals surface area contributed by atoms with Crippen LogP contribution in [0.15, 0.2) is 29.1 Å². The number of benzene rings is 1. The van der Waals surface area contributed by atoms with E-state index < -0.39 is 0 Å². The minimum absolute atomic E-state index is 0.130. The molecule has 0 saturated carbocycles.